The Balaban J connectivity index is 0.000000282. The van der Waals surface area contributed by atoms with Crippen molar-refractivity contribution in [3.05, 3.63) is 57.6 Å². The molecule has 0 unspecified atom stereocenters. The van der Waals surface area contributed by atoms with Gasteiger partial charge in [-0.05, 0) is 35.2 Å². The van der Waals surface area contributed by atoms with E-state index in [1.807, 2.05) is 0 Å². The van der Waals surface area contributed by atoms with E-state index in [4.69, 9.17) is 5.11 Å². The molecule has 7 heteroatoms. The van der Waals surface area contributed by atoms with Gasteiger partial charge in [0.15, 0.2) is 0 Å². The van der Waals surface area contributed by atoms with E-state index in [0.717, 1.165) is 6.07 Å². The summed E-state index contributed by atoms with van der Waals surface area (Å²) in [7, 11) is 0. The molecule has 3 rings (SSSR count). The molecule has 1 aromatic carbocycles. The Morgan fingerprint density at radius 2 is 1.83 bits per heavy atom. The number of anilines is 1. The highest BCUT2D eigenvalue weighted by molar-refractivity contribution is 5.98. The van der Waals surface area contributed by atoms with Crippen LogP contribution in [0.1, 0.15) is 29.8 Å². The van der Waals surface area contributed by atoms with Crippen molar-refractivity contribution in [3.8, 4) is 11.1 Å². The third-order valence-corrected chi connectivity index (χ3v) is 3.49. The largest absolute Gasteiger partial charge is 0.478 e. The Morgan fingerprint density at radius 3 is 2.17 bits per heavy atom. The number of carboxylic acids is 1. The van der Waals surface area contributed by atoms with Crippen molar-refractivity contribution in [1.29, 1.82) is 0 Å². The number of nitrogens with one attached hydrogen (secondary N) is 1. The molecule has 0 spiro atoms. The van der Waals surface area contributed by atoms with E-state index in [-0.39, 0.29) is 28.9 Å². The number of aromatic carboxylic acids is 1. The lowest BCUT2D eigenvalue weighted by Gasteiger charge is -2.11. The van der Waals surface area contributed by atoms with E-state index in [2.05, 4.69) is 29.6 Å². The first kappa shape index (κ1) is 17.1. The zero-order valence-electron chi connectivity index (χ0n) is 13.2. The molecule has 2 aliphatic carbocycles. The molecule has 0 atom stereocenters. The Hall–Kier alpha value is -3.22. The number of carboxylic acid groups (broad SMARTS) is 1. The van der Waals surface area contributed by atoms with Crippen LogP contribution in [0.4, 0.5) is 11.4 Å². The van der Waals surface area contributed by atoms with Crippen LogP contribution in [0.2, 0.25) is 0 Å². The van der Waals surface area contributed by atoms with Crippen molar-refractivity contribution in [1.82, 2.24) is 0 Å². The summed E-state index contributed by atoms with van der Waals surface area (Å²) >= 11 is 0. The van der Waals surface area contributed by atoms with Crippen LogP contribution in [0.5, 0.6) is 0 Å². The lowest BCUT2D eigenvalue weighted by Crippen LogP contribution is -2.13. The molecule has 0 aromatic heterocycles. The molecule has 0 saturated carbocycles. The van der Waals surface area contributed by atoms with E-state index in [1.54, 1.807) is 6.92 Å². The lowest BCUT2D eigenvalue weighted by molar-refractivity contribution is -0.384. The van der Waals surface area contributed by atoms with Gasteiger partial charge in [0, 0.05) is 13.0 Å². The molecular weight excluding hydrogens is 312 g/mol. The first-order valence-electron chi connectivity index (χ1n) is 7.26. The summed E-state index contributed by atoms with van der Waals surface area (Å²) in [5, 5.41) is 22.2. The van der Waals surface area contributed by atoms with Gasteiger partial charge in [-0.25, -0.2) is 4.79 Å². The summed E-state index contributed by atoms with van der Waals surface area (Å²) in [5.74, 6) is -1.68. The molecule has 0 aliphatic heterocycles. The van der Waals surface area contributed by atoms with Crippen LogP contribution < -0.4 is 5.32 Å². The molecule has 0 saturated heterocycles. The summed E-state index contributed by atoms with van der Waals surface area (Å²) < 4.78 is 0. The zero-order chi connectivity index (χ0) is 17.9. The van der Waals surface area contributed by atoms with Crippen LogP contribution >= 0.6 is 0 Å². The van der Waals surface area contributed by atoms with E-state index in [1.165, 1.54) is 24.1 Å². The van der Waals surface area contributed by atoms with Gasteiger partial charge in [-0.2, -0.15) is 0 Å². The van der Waals surface area contributed by atoms with Gasteiger partial charge < -0.3 is 10.4 Å². The quantitative estimate of drug-likeness (QED) is 0.563. The Morgan fingerprint density at radius 1 is 1.21 bits per heavy atom. The van der Waals surface area contributed by atoms with E-state index >= 15 is 0 Å². The highest BCUT2D eigenvalue weighted by atomic mass is 16.6. The van der Waals surface area contributed by atoms with Crippen molar-refractivity contribution in [2.75, 3.05) is 5.32 Å². The summed E-state index contributed by atoms with van der Waals surface area (Å²) in [4.78, 5) is 32.3. The second-order valence-corrected chi connectivity index (χ2v) is 5.16. The predicted octanol–water partition coefficient (Wildman–Crippen LogP) is 3.48. The normalized spacial score (nSPS) is 10.2. The highest BCUT2D eigenvalue weighted by Crippen LogP contribution is 2.33. The molecule has 124 valence electrons. The fourth-order valence-corrected chi connectivity index (χ4v) is 2.35. The molecule has 0 heterocycles. The predicted molar refractivity (Wildman–Crippen MR) is 89.2 cm³/mol. The Kier molecular flexibility index (Phi) is 4.93. The SMILES string of the molecule is CCc1c(C(=O)O)ccc([N+](=O)[O-])c1NC(C)=O.c1cc2cc-2c1. The number of hydrogen-bond acceptors (Lipinski definition) is 4. The smallest absolute Gasteiger partial charge is 0.336 e. The number of carbonyl (C=O) groups excluding carboxylic acids is 1. The topological polar surface area (TPSA) is 110 Å². The maximum atomic E-state index is 11.1. The number of amides is 1. The van der Waals surface area contributed by atoms with Crippen LogP contribution in [0, 0.1) is 10.1 Å². The maximum Gasteiger partial charge on any atom is 0.336 e. The maximum absolute atomic E-state index is 11.1. The second-order valence-electron chi connectivity index (χ2n) is 5.16. The third kappa shape index (κ3) is 3.75. The molecule has 0 bridgehead atoms. The van der Waals surface area contributed by atoms with Crippen LogP contribution in [0.25, 0.3) is 11.1 Å². The highest BCUT2D eigenvalue weighted by Gasteiger charge is 2.23. The molecule has 1 amide bonds. The first-order chi connectivity index (χ1) is 11.3. The number of nitro benzene ring substituents is 1. The van der Waals surface area contributed by atoms with Gasteiger partial charge in [0.25, 0.3) is 5.69 Å². The minimum Gasteiger partial charge on any atom is -0.478 e. The molecule has 2 aliphatic rings. The Labute approximate surface area is 138 Å². The van der Waals surface area contributed by atoms with Gasteiger partial charge in [0.2, 0.25) is 5.91 Å². The molecule has 2 N–H and O–H groups in total. The van der Waals surface area contributed by atoms with Crippen LogP contribution in [-0.4, -0.2) is 21.9 Å². The number of benzene rings is 2. The first-order valence-corrected chi connectivity index (χ1v) is 7.26. The minimum atomic E-state index is -1.19. The third-order valence-electron chi connectivity index (χ3n) is 3.49. The van der Waals surface area contributed by atoms with Crippen LogP contribution in [0.15, 0.2) is 36.4 Å². The molecule has 1 aromatic rings. The standard InChI is InChI=1S/C11H12N2O5.C6H4/c1-3-7-8(11(15)16)4-5-9(13(17)18)10(7)12-6(2)14;1-2-5-4-6(5)3-1/h4-5H,3H2,1-2H3,(H,12,14)(H,15,16);1-4H. The summed E-state index contributed by atoms with van der Waals surface area (Å²) in [6, 6.07) is 10.7. The van der Waals surface area contributed by atoms with Crippen molar-refractivity contribution in [3.63, 3.8) is 0 Å². The van der Waals surface area contributed by atoms with Gasteiger partial charge in [-0.3, -0.25) is 14.9 Å². The van der Waals surface area contributed by atoms with Crippen LogP contribution in [0.3, 0.4) is 0 Å². The van der Waals surface area contributed by atoms with Gasteiger partial charge in [-0.1, -0.05) is 25.1 Å². The number of hydrogen-bond donors (Lipinski definition) is 2. The van der Waals surface area contributed by atoms with Gasteiger partial charge >= 0.3 is 5.97 Å². The van der Waals surface area contributed by atoms with Crippen molar-refractivity contribution in [2.24, 2.45) is 0 Å². The molecule has 0 radical (unpaired) electrons. The number of rotatable bonds is 4. The molecule has 24 heavy (non-hydrogen) atoms. The van der Waals surface area contributed by atoms with E-state index in [0.29, 0.717) is 0 Å². The lowest BCUT2D eigenvalue weighted by atomic mass is 10.0. The van der Waals surface area contributed by atoms with Gasteiger partial charge in [-0.15, -0.1) is 0 Å². The average Bonchev–Trinajstić information content (AvgIpc) is 3.12. The van der Waals surface area contributed by atoms with Crippen molar-refractivity contribution in [2.45, 2.75) is 20.3 Å². The molecule has 7 nitrogen and oxygen atoms in total. The second kappa shape index (κ2) is 6.91. The zero-order valence-corrected chi connectivity index (χ0v) is 13.2. The summed E-state index contributed by atoms with van der Waals surface area (Å²) in [5.41, 5.74) is 2.69. The van der Waals surface area contributed by atoms with E-state index in [9.17, 15) is 19.7 Å². The Bertz CT molecular complexity index is 812. The molecule has 0 fully saturated rings. The van der Waals surface area contributed by atoms with Crippen molar-refractivity contribution < 1.29 is 19.6 Å². The molecular formula is C17H16N2O5. The average molecular weight is 328 g/mol. The number of nitro groups is 1. The minimum absolute atomic E-state index is 0.0464. The van der Waals surface area contributed by atoms with Crippen LogP contribution in [-0.2, 0) is 11.2 Å². The number of nitrogens with zero attached hydrogens (tertiary/aromatic N) is 1. The fraction of sp³-hybridized carbons (Fsp3) is 0.176. The number of fused-ring (bicyclic) bond motifs is 1. The fourth-order valence-electron chi connectivity index (χ4n) is 2.35. The van der Waals surface area contributed by atoms with E-state index < -0.39 is 16.8 Å². The van der Waals surface area contributed by atoms with Gasteiger partial charge in [0.1, 0.15) is 5.69 Å². The number of carbonyl (C=O) groups is 2. The van der Waals surface area contributed by atoms with Gasteiger partial charge in [0.05, 0.1) is 10.5 Å². The summed E-state index contributed by atoms with van der Waals surface area (Å²) in [6.07, 6.45) is 0.263. The van der Waals surface area contributed by atoms with Crippen molar-refractivity contribution >= 4 is 23.3 Å². The monoisotopic (exact) mass is 328 g/mol. The summed E-state index contributed by atoms with van der Waals surface area (Å²) in [6.45, 7) is 2.87.